The van der Waals surface area contributed by atoms with Crippen LogP contribution in [0.2, 0.25) is 0 Å². The highest BCUT2D eigenvalue weighted by molar-refractivity contribution is 5.88. The fourth-order valence-corrected chi connectivity index (χ4v) is 2.39. The SMILES string of the molecule is CCNC(=NCc1cccc(NC(C)=O)c1)NCc1ccc(OC)cc1. The van der Waals surface area contributed by atoms with E-state index in [0.29, 0.717) is 13.1 Å². The largest absolute Gasteiger partial charge is 0.497 e. The molecule has 26 heavy (non-hydrogen) atoms. The van der Waals surface area contributed by atoms with Crippen molar-refractivity contribution >= 4 is 17.6 Å². The summed E-state index contributed by atoms with van der Waals surface area (Å²) in [5.74, 6) is 1.50. The zero-order chi connectivity index (χ0) is 18.8. The highest BCUT2D eigenvalue weighted by Gasteiger charge is 2.01. The van der Waals surface area contributed by atoms with E-state index >= 15 is 0 Å². The molecule has 2 aromatic carbocycles. The fraction of sp³-hybridized carbons (Fsp3) is 0.300. The second kappa shape index (κ2) is 10.1. The summed E-state index contributed by atoms with van der Waals surface area (Å²) in [6.45, 7) is 5.49. The van der Waals surface area contributed by atoms with Crippen molar-refractivity contribution < 1.29 is 9.53 Å². The number of benzene rings is 2. The minimum Gasteiger partial charge on any atom is -0.497 e. The summed E-state index contributed by atoms with van der Waals surface area (Å²) in [4.78, 5) is 15.8. The second-order valence-electron chi connectivity index (χ2n) is 5.78. The molecule has 6 heteroatoms. The number of ether oxygens (including phenoxy) is 1. The zero-order valence-electron chi connectivity index (χ0n) is 15.5. The maximum atomic E-state index is 11.2. The topological polar surface area (TPSA) is 74.8 Å². The van der Waals surface area contributed by atoms with E-state index in [0.717, 1.165) is 35.1 Å². The van der Waals surface area contributed by atoms with Crippen LogP contribution in [0.4, 0.5) is 5.69 Å². The molecule has 6 nitrogen and oxygen atoms in total. The monoisotopic (exact) mass is 354 g/mol. The van der Waals surface area contributed by atoms with Crippen LogP contribution in [0.25, 0.3) is 0 Å². The van der Waals surface area contributed by atoms with Crippen LogP contribution in [-0.2, 0) is 17.9 Å². The van der Waals surface area contributed by atoms with Crippen LogP contribution in [0.1, 0.15) is 25.0 Å². The minimum absolute atomic E-state index is 0.0832. The lowest BCUT2D eigenvalue weighted by Gasteiger charge is -2.12. The van der Waals surface area contributed by atoms with Crippen LogP contribution in [-0.4, -0.2) is 25.5 Å². The zero-order valence-corrected chi connectivity index (χ0v) is 15.5. The Labute approximate surface area is 154 Å². The molecule has 0 fully saturated rings. The first-order chi connectivity index (χ1) is 12.6. The molecule has 0 atom stereocenters. The predicted molar refractivity (Wildman–Crippen MR) is 105 cm³/mol. The first-order valence-electron chi connectivity index (χ1n) is 8.62. The summed E-state index contributed by atoms with van der Waals surface area (Å²) in [5.41, 5.74) is 2.95. The standard InChI is InChI=1S/C20H26N4O2/c1-4-21-20(22-13-16-8-10-19(26-3)11-9-16)23-14-17-6-5-7-18(12-17)24-15(2)25/h5-12H,4,13-14H2,1-3H3,(H,24,25)(H2,21,22,23). The van der Waals surface area contributed by atoms with E-state index in [-0.39, 0.29) is 5.91 Å². The van der Waals surface area contributed by atoms with Crippen LogP contribution >= 0.6 is 0 Å². The second-order valence-corrected chi connectivity index (χ2v) is 5.78. The van der Waals surface area contributed by atoms with E-state index in [1.165, 1.54) is 6.92 Å². The van der Waals surface area contributed by atoms with E-state index < -0.39 is 0 Å². The van der Waals surface area contributed by atoms with Crippen molar-refractivity contribution in [1.82, 2.24) is 10.6 Å². The van der Waals surface area contributed by atoms with Gasteiger partial charge in [-0.2, -0.15) is 0 Å². The lowest BCUT2D eigenvalue weighted by Crippen LogP contribution is -2.36. The third kappa shape index (κ3) is 6.47. The quantitative estimate of drug-likeness (QED) is 0.528. The average Bonchev–Trinajstić information content (AvgIpc) is 2.64. The maximum Gasteiger partial charge on any atom is 0.221 e. The number of methoxy groups -OCH3 is 1. The molecule has 0 heterocycles. The molecule has 0 aliphatic carbocycles. The number of hydrogen-bond donors (Lipinski definition) is 3. The molecule has 0 saturated carbocycles. The molecule has 0 aliphatic rings. The van der Waals surface area contributed by atoms with Gasteiger partial charge >= 0.3 is 0 Å². The summed E-state index contributed by atoms with van der Waals surface area (Å²) in [6.07, 6.45) is 0. The number of hydrogen-bond acceptors (Lipinski definition) is 3. The highest BCUT2D eigenvalue weighted by atomic mass is 16.5. The molecule has 138 valence electrons. The molecule has 0 bridgehead atoms. The Morgan fingerprint density at radius 2 is 1.85 bits per heavy atom. The van der Waals surface area contributed by atoms with Gasteiger partial charge in [0.15, 0.2) is 5.96 Å². The molecule has 0 unspecified atom stereocenters. The van der Waals surface area contributed by atoms with Crippen LogP contribution < -0.4 is 20.7 Å². The number of carbonyl (C=O) groups excluding carboxylic acids is 1. The molecule has 0 radical (unpaired) electrons. The number of nitrogens with one attached hydrogen (secondary N) is 3. The van der Waals surface area contributed by atoms with Gasteiger partial charge in [0.25, 0.3) is 0 Å². The molecule has 0 aliphatic heterocycles. The van der Waals surface area contributed by atoms with Crippen LogP contribution in [0.3, 0.4) is 0 Å². The Kier molecular flexibility index (Phi) is 7.49. The van der Waals surface area contributed by atoms with Gasteiger partial charge in [-0.1, -0.05) is 24.3 Å². The van der Waals surface area contributed by atoms with Crippen molar-refractivity contribution in [3.05, 3.63) is 59.7 Å². The number of amides is 1. The van der Waals surface area contributed by atoms with Crippen LogP contribution in [0.15, 0.2) is 53.5 Å². The van der Waals surface area contributed by atoms with Gasteiger partial charge in [-0.15, -0.1) is 0 Å². The molecule has 2 rings (SSSR count). The fourth-order valence-electron chi connectivity index (χ4n) is 2.39. The van der Waals surface area contributed by atoms with Crippen molar-refractivity contribution in [2.45, 2.75) is 26.9 Å². The third-order valence-electron chi connectivity index (χ3n) is 3.63. The lowest BCUT2D eigenvalue weighted by atomic mass is 10.2. The Morgan fingerprint density at radius 3 is 2.50 bits per heavy atom. The smallest absolute Gasteiger partial charge is 0.221 e. The summed E-state index contributed by atoms with van der Waals surface area (Å²) in [5, 5.41) is 9.34. The van der Waals surface area contributed by atoms with Gasteiger partial charge in [-0.25, -0.2) is 4.99 Å². The first-order valence-corrected chi connectivity index (χ1v) is 8.62. The van der Waals surface area contributed by atoms with E-state index in [1.807, 2.05) is 55.5 Å². The van der Waals surface area contributed by atoms with Gasteiger partial charge in [-0.05, 0) is 42.3 Å². The molecule has 0 saturated heterocycles. The number of nitrogens with zero attached hydrogens (tertiary/aromatic N) is 1. The normalized spacial score (nSPS) is 11.0. The molecule has 1 amide bonds. The molecular weight excluding hydrogens is 328 g/mol. The number of aliphatic imine (C=N–C) groups is 1. The van der Waals surface area contributed by atoms with Crippen LogP contribution in [0, 0.1) is 0 Å². The molecular formula is C20H26N4O2. The van der Waals surface area contributed by atoms with Crippen molar-refractivity contribution in [2.75, 3.05) is 19.0 Å². The van der Waals surface area contributed by atoms with E-state index in [9.17, 15) is 4.79 Å². The Morgan fingerprint density at radius 1 is 1.08 bits per heavy atom. The average molecular weight is 354 g/mol. The summed E-state index contributed by atoms with van der Waals surface area (Å²) in [6, 6.07) is 15.6. The third-order valence-corrected chi connectivity index (χ3v) is 3.63. The highest BCUT2D eigenvalue weighted by Crippen LogP contribution is 2.12. The number of carbonyl (C=O) groups is 1. The van der Waals surface area contributed by atoms with Gasteiger partial charge in [0, 0.05) is 25.7 Å². The molecule has 2 aromatic rings. The van der Waals surface area contributed by atoms with Crippen LogP contribution in [0.5, 0.6) is 5.75 Å². The summed E-state index contributed by atoms with van der Waals surface area (Å²) >= 11 is 0. The predicted octanol–water partition coefficient (Wildman–Crippen LogP) is 2.91. The van der Waals surface area contributed by atoms with Gasteiger partial charge in [0.2, 0.25) is 5.91 Å². The first kappa shape index (κ1) is 19.3. The molecule has 0 aromatic heterocycles. The van der Waals surface area contributed by atoms with Crippen molar-refractivity contribution in [2.24, 2.45) is 4.99 Å². The van der Waals surface area contributed by atoms with Crippen molar-refractivity contribution in [3.8, 4) is 5.75 Å². The maximum absolute atomic E-state index is 11.2. The number of rotatable bonds is 7. The van der Waals surface area contributed by atoms with Crippen molar-refractivity contribution in [3.63, 3.8) is 0 Å². The van der Waals surface area contributed by atoms with Gasteiger partial charge < -0.3 is 20.7 Å². The number of anilines is 1. The van der Waals surface area contributed by atoms with Gasteiger partial charge in [0.05, 0.1) is 13.7 Å². The van der Waals surface area contributed by atoms with E-state index in [2.05, 4.69) is 20.9 Å². The minimum atomic E-state index is -0.0832. The van der Waals surface area contributed by atoms with E-state index in [1.54, 1.807) is 7.11 Å². The van der Waals surface area contributed by atoms with Gasteiger partial charge in [0.1, 0.15) is 5.75 Å². The number of guanidine groups is 1. The summed E-state index contributed by atoms with van der Waals surface area (Å²) < 4.78 is 5.17. The van der Waals surface area contributed by atoms with Gasteiger partial charge in [-0.3, -0.25) is 4.79 Å². The molecule has 3 N–H and O–H groups in total. The Bertz CT molecular complexity index is 742. The lowest BCUT2D eigenvalue weighted by molar-refractivity contribution is -0.114. The van der Waals surface area contributed by atoms with E-state index in [4.69, 9.17) is 4.74 Å². The van der Waals surface area contributed by atoms with Crippen molar-refractivity contribution in [1.29, 1.82) is 0 Å². The summed E-state index contributed by atoms with van der Waals surface area (Å²) in [7, 11) is 1.66. The Balaban J connectivity index is 1.98. The molecule has 0 spiro atoms. The Hall–Kier alpha value is -3.02.